The normalized spacial score (nSPS) is 10.7. The fraction of sp³-hybridized carbons (Fsp3) is 0.769. The maximum atomic E-state index is 4.29. The number of aryl methyl sites for hydroxylation is 1. The maximum absolute atomic E-state index is 4.29. The quantitative estimate of drug-likeness (QED) is 0.549. The van der Waals surface area contributed by atoms with Crippen LogP contribution >= 0.6 is 11.3 Å². The van der Waals surface area contributed by atoms with Crippen molar-refractivity contribution < 1.29 is 0 Å². The van der Waals surface area contributed by atoms with Crippen molar-refractivity contribution in [1.82, 2.24) is 4.98 Å². The second-order valence-electron chi connectivity index (χ2n) is 4.20. The van der Waals surface area contributed by atoms with Gasteiger partial charge in [0.25, 0.3) is 0 Å². The van der Waals surface area contributed by atoms with E-state index in [4.69, 9.17) is 0 Å². The highest BCUT2D eigenvalue weighted by atomic mass is 32.1. The Morgan fingerprint density at radius 2 is 1.67 bits per heavy atom. The summed E-state index contributed by atoms with van der Waals surface area (Å²) >= 11 is 1.71. The van der Waals surface area contributed by atoms with Crippen LogP contribution in [0.2, 0.25) is 0 Å². The summed E-state index contributed by atoms with van der Waals surface area (Å²) in [5.74, 6) is 0. The van der Waals surface area contributed by atoms with Gasteiger partial charge < -0.3 is 0 Å². The predicted molar refractivity (Wildman–Crippen MR) is 68.4 cm³/mol. The van der Waals surface area contributed by atoms with Crippen molar-refractivity contribution in [3.05, 3.63) is 16.6 Å². The molecule has 0 amide bonds. The Morgan fingerprint density at radius 1 is 1.00 bits per heavy atom. The van der Waals surface area contributed by atoms with Crippen LogP contribution in [0.4, 0.5) is 0 Å². The standard InChI is InChI=1S/C13H23NS/c1-2-3-4-5-6-7-8-9-10-13-11-15-12-14-13/h11-12H,2-10H2,1H3. The highest BCUT2D eigenvalue weighted by Crippen LogP contribution is 2.11. The Balaban J connectivity index is 1.81. The Bertz CT molecular complexity index is 218. The first-order valence-corrected chi connectivity index (χ1v) is 7.25. The van der Waals surface area contributed by atoms with Gasteiger partial charge in [-0.2, -0.15) is 0 Å². The van der Waals surface area contributed by atoms with Crippen molar-refractivity contribution in [2.75, 3.05) is 0 Å². The first-order chi connectivity index (χ1) is 7.43. The molecule has 1 aromatic rings. The number of hydrogen-bond acceptors (Lipinski definition) is 2. The zero-order valence-corrected chi connectivity index (χ0v) is 10.7. The van der Waals surface area contributed by atoms with Crippen molar-refractivity contribution in [2.24, 2.45) is 0 Å². The third-order valence-corrected chi connectivity index (χ3v) is 3.41. The molecule has 15 heavy (non-hydrogen) atoms. The van der Waals surface area contributed by atoms with E-state index < -0.39 is 0 Å². The highest BCUT2D eigenvalue weighted by molar-refractivity contribution is 7.07. The summed E-state index contributed by atoms with van der Waals surface area (Å²) in [4.78, 5) is 4.29. The summed E-state index contributed by atoms with van der Waals surface area (Å²) in [5.41, 5.74) is 3.21. The van der Waals surface area contributed by atoms with E-state index in [1.54, 1.807) is 11.3 Å². The minimum absolute atomic E-state index is 1.18. The largest absolute Gasteiger partial charge is 0.250 e. The summed E-state index contributed by atoms with van der Waals surface area (Å²) in [5, 5.41) is 2.17. The first-order valence-electron chi connectivity index (χ1n) is 6.30. The number of hydrogen-bond donors (Lipinski definition) is 0. The van der Waals surface area contributed by atoms with Gasteiger partial charge in [0.15, 0.2) is 0 Å². The average Bonchev–Trinajstić information content (AvgIpc) is 2.75. The number of nitrogens with zero attached hydrogens (tertiary/aromatic N) is 1. The molecule has 0 unspecified atom stereocenters. The topological polar surface area (TPSA) is 12.9 Å². The van der Waals surface area contributed by atoms with Crippen molar-refractivity contribution in [1.29, 1.82) is 0 Å². The van der Waals surface area contributed by atoms with E-state index in [0.717, 1.165) is 0 Å². The van der Waals surface area contributed by atoms with E-state index in [9.17, 15) is 0 Å². The monoisotopic (exact) mass is 225 g/mol. The van der Waals surface area contributed by atoms with E-state index in [-0.39, 0.29) is 0 Å². The van der Waals surface area contributed by atoms with Crippen LogP contribution in [0.3, 0.4) is 0 Å². The Morgan fingerprint density at radius 3 is 2.27 bits per heavy atom. The van der Waals surface area contributed by atoms with E-state index in [2.05, 4.69) is 17.3 Å². The molecular weight excluding hydrogens is 202 g/mol. The van der Waals surface area contributed by atoms with Gasteiger partial charge in [0.05, 0.1) is 11.2 Å². The minimum Gasteiger partial charge on any atom is -0.250 e. The third-order valence-electron chi connectivity index (χ3n) is 2.77. The fourth-order valence-electron chi connectivity index (χ4n) is 1.80. The molecular formula is C13H23NS. The van der Waals surface area contributed by atoms with Crippen molar-refractivity contribution >= 4 is 11.3 Å². The smallest absolute Gasteiger partial charge is 0.0794 e. The number of rotatable bonds is 9. The molecule has 0 aromatic carbocycles. The van der Waals surface area contributed by atoms with Crippen LogP contribution in [0, 0.1) is 0 Å². The molecule has 0 atom stereocenters. The molecule has 0 radical (unpaired) electrons. The zero-order valence-electron chi connectivity index (χ0n) is 9.87. The summed E-state index contributed by atoms with van der Waals surface area (Å²) < 4.78 is 0. The molecule has 0 spiro atoms. The molecule has 1 nitrogen and oxygen atoms in total. The summed E-state index contributed by atoms with van der Waals surface area (Å²) in [6.45, 7) is 2.27. The molecule has 86 valence electrons. The molecule has 0 aliphatic heterocycles. The fourth-order valence-corrected chi connectivity index (χ4v) is 2.39. The van der Waals surface area contributed by atoms with Crippen LogP contribution in [0.15, 0.2) is 10.9 Å². The molecule has 0 N–H and O–H groups in total. The van der Waals surface area contributed by atoms with Gasteiger partial charge in [-0.1, -0.05) is 51.9 Å². The van der Waals surface area contributed by atoms with Gasteiger partial charge in [-0.05, 0) is 12.8 Å². The Kier molecular flexibility index (Phi) is 7.53. The molecule has 0 bridgehead atoms. The molecule has 0 fully saturated rings. The number of thiazole rings is 1. The lowest BCUT2D eigenvalue weighted by molar-refractivity contribution is 0.574. The van der Waals surface area contributed by atoms with Crippen LogP contribution < -0.4 is 0 Å². The second kappa shape index (κ2) is 8.90. The Hall–Kier alpha value is -0.370. The molecule has 0 aliphatic rings. The summed E-state index contributed by atoms with van der Waals surface area (Å²) in [6.07, 6.45) is 12.3. The molecule has 1 rings (SSSR count). The van der Waals surface area contributed by atoms with Gasteiger partial charge in [0.2, 0.25) is 0 Å². The predicted octanol–water partition coefficient (Wildman–Crippen LogP) is 4.83. The SMILES string of the molecule is CCCCCCCCCCc1cscn1. The van der Waals surface area contributed by atoms with Crippen LogP contribution in [-0.4, -0.2) is 4.98 Å². The van der Waals surface area contributed by atoms with E-state index in [1.807, 2.05) is 5.51 Å². The van der Waals surface area contributed by atoms with Crippen LogP contribution in [-0.2, 0) is 6.42 Å². The third kappa shape index (κ3) is 6.67. The zero-order chi connectivity index (χ0) is 10.8. The van der Waals surface area contributed by atoms with Gasteiger partial charge in [-0.25, -0.2) is 4.98 Å². The maximum Gasteiger partial charge on any atom is 0.0794 e. The first kappa shape index (κ1) is 12.7. The van der Waals surface area contributed by atoms with Gasteiger partial charge >= 0.3 is 0 Å². The highest BCUT2D eigenvalue weighted by Gasteiger charge is 1.95. The van der Waals surface area contributed by atoms with Crippen LogP contribution in [0.1, 0.15) is 64.0 Å². The lowest BCUT2D eigenvalue weighted by Crippen LogP contribution is -1.86. The average molecular weight is 225 g/mol. The molecule has 1 aromatic heterocycles. The van der Waals surface area contributed by atoms with Crippen molar-refractivity contribution in [3.8, 4) is 0 Å². The molecule has 0 saturated carbocycles. The summed E-state index contributed by atoms with van der Waals surface area (Å²) in [7, 11) is 0. The Labute approximate surface area is 97.9 Å². The van der Waals surface area contributed by atoms with Gasteiger partial charge in [0.1, 0.15) is 0 Å². The van der Waals surface area contributed by atoms with E-state index in [0.29, 0.717) is 0 Å². The van der Waals surface area contributed by atoms with E-state index >= 15 is 0 Å². The second-order valence-corrected chi connectivity index (χ2v) is 4.92. The van der Waals surface area contributed by atoms with Crippen LogP contribution in [0.25, 0.3) is 0 Å². The lowest BCUT2D eigenvalue weighted by atomic mass is 10.1. The molecule has 0 saturated heterocycles. The molecule has 2 heteroatoms. The molecule has 1 heterocycles. The number of unbranched alkanes of at least 4 members (excludes halogenated alkanes) is 7. The number of aromatic nitrogens is 1. The van der Waals surface area contributed by atoms with Crippen LogP contribution in [0.5, 0.6) is 0 Å². The molecule has 0 aliphatic carbocycles. The van der Waals surface area contributed by atoms with Crippen molar-refractivity contribution in [3.63, 3.8) is 0 Å². The van der Waals surface area contributed by atoms with Gasteiger partial charge in [0, 0.05) is 5.38 Å². The minimum atomic E-state index is 1.18. The van der Waals surface area contributed by atoms with Gasteiger partial charge in [-0.3, -0.25) is 0 Å². The van der Waals surface area contributed by atoms with Crippen molar-refractivity contribution in [2.45, 2.75) is 64.7 Å². The van der Waals surface area contributed by atoms with E-state index in [1.165, 1.54) is 63.5 Å². The summed E-state index contributed by atoms with van der Waals surface area (Å²) in [6, 6.07) is 0. The lowest BCUT2D eigenvalue weighted by Gasteiger charge is -2.00. The van der Waals surface area contributed by atoms with Gasteiger partial charge in [-0.15, -0.1) is 11.3 Å².